The third kappa shape index (κ3) is 5.28. The molecule has 1 unspecified atom stereocenters. The minimum atomic E-state index is 0.236. The Kier molecular flexibility index (Phi) is 6.30. The Morgan fingerprint density at radius 1 is 1.37 bits per heavy atom. The van der Waals surface area contributed by atoms with Crippen LogP contribution >= 0.6 is 0 Å². The van der Waals surface area contributed by atoms with Gasteiger partial charge >= 0.3 is 0 Å². The number of ether oxygens (including phenoxy) is 1. The Hall–Kier alpha value is -0.940. The lowest BCUT2D eigenvalue weighted by molar-refractivity contribution is 0.194. The first kappa shape index (κ1) is 14.5. The summed E-state index contributed by atoms with van der Waals surface area (Å²) in [6.07, 6.45) is 6.57. The molecule has 0 bridgehead atoms. The van der Waals surface area contributed by atoms with Crippen LogP contribution in [-0.4, -0.2) is 50.3 Å². The zero-order valence-electron chi connectivity index (χ0n) is 12.0. The number of nitrogens with one attached hydrogen (secondary N) is 1. The molecule has 19 heavy (non-hydrogen) atoms. The lowest BCUT2D eigenvalue weighted by Crippen LogP contribution is -2.29. The molecular formula is C14H26N4O. The molecule has 0 aromatic rings. The Morgan fingerprint density at radius 3 is 3.16 bits per heavy atom. The summed E-state index contributed by atoms with van der Waals surface area (Å²) < 4.78 is 5.62. The van der Waals surface area contributed by atoms with Crippen LogP contribution in [0.3, 0.4) is 0 Å². The van der Waals surface area contributed by atoms with E-state index in [0.29, 0.717) is 5.88 Å². The highest BCUT2D eigenvalue weighted by Crippen LogP contribution is 2.16. The summed E-state index contributed by atoms with van der Waals surface area (Å²) in [6.45, 7) is 8.75. The molecule has 0 amide bonds. The molecule has 0 aromatic carbocycles. The summed E-state index contributed by atoms with van der Waals surface area (Å²) in [5.74, 6) is 0.714. The first-order chi connectivity index (χ1) is 9.38. The second-order valence-corrected chi connectivity index (χ2v) is 5.20. The van der Waals surface area contributed by atoms with Crippen molar-refractivity contribution in [2.75, 3.05) is 39.3 Å². The van der Waals surface area contributed by atoms with Gasteiger partial charge in [0.2, 0.25) is 5.88 Å². The third-order valence-electron chi connectivity index (χ3n) is 3.61. The number of hydrogen-bond donors (Lipinski definition) is 1. The zero-order chi connectivity index (χ0) is 13.3. The maximum atomic E-state index is 5.62. The first-order valence-corrected chi connectivity index (χ1v) is 7.57. The van der Waals surface area contributed by atoms with Crippen LogP contribution in [0.4, 0.5) is 0 Å². The molecule has 108 valence electrons. The third-order valence-corrected chi connectivity index (χ3v) is 3.61. The lowest BCUT2D eigenvalue weighted by atomic mass is 10.2. The molecule has 0 saturated carbocycles. The maximum Gasteiger partial charge on any atom is 0.231 e. The van der Waals surface area contributed by atoms with E-state index in [1.165, 1.54) is 32.5 Å². The van der Waals surface area contributed by atoms with Gasteiger partial charge in [-0.05, 0) is 45.3 Å². The van der Waals surface area contributed by atoms with Gasteiger partial charge in [0.25, 0.3) is 0 Å². The van der Waals surface area contributed by atoms with Crippen LogP contribution in [0.2, 0.25) is 0 Å². The van der Waals surface area contributed by atoms with Gasteiger partial charge in [-0.2, -0.15) is 5.11 Å². The smallest absolute Gasteiger partial charge is 0.231 e. The second kappa shape index (κ2) is 8.27. The molecule has 0 aromatic heterocycles. The highest BCUT2D eigenvalue weighted by Gasteiger charge is 2.11. The van der Waals surface area contributed by atoms with Crippen molar-refractivity contribution in [3.05, 3.63) is 12.0 Å². The van der Waals surface area contributed by atoms with E-state index in [1.807, 2.05) is 6.08 Å². The van der Waals surface area contributed by atoms with Crippen molar-refractivity contribution in [2.24, 2.45) is 10.2 Å². The van der Waals surface area contributed by atoms with E-state index in [4.69, 9.17) is 4.74 Å². The molecule has 5 nitrogen and oxygen atoms in total. The number of nitrogens with zero attached hydrogens (tertiary/aromatic N) is 3. The Morgan fingerprint density at radius 2 is 2.32 bits per heavy atom. The predicted molar refractivity (Wildman–Crippen MR) is 76.1 cm³/mol. The number of unbranched alkanes of at least 4 members (excludes halogenated alkanes) is 1. The summed E-state index contributed by atoms with van der Waals surface area (Å²) in [5, 5.41) is 11.6. The molecular weight excluding hydrogens is 240 g/mol. The number of azo groups is 1. The number of rotatable bonds is 7. The van der Waals surface area contributed by atoms with Crippen molar-refractivity contribution in [1.82, 2.24) is 10.2 Å². The molecule has 5 heteroatoms. The van der Waals surface area contributed by atoms with Gasteiger partial charge in [-0.3, -0.25) is 0 Å². The molecule has 1 atom stereocenters. The Balaban J connectivity index is 1.51. The van der Waals surface area contributed by atoms with E-state index in [-0.39, 0.29) is 6.04 Å². The monoisotopic (exact) mass is 266 g/mol. The highest BCUT2D eigenvalue weighted by atomic mass is 16.5. The van der Waals surface area contributed by atoms with Crippen LogP contribution in [0.25, 0.3) is 0 Å². The minimum absolute atomic E-state index is 0.236. The van der Waals surface area contributed by atoms with Gasteiger partial charge in [0.15, 0.2) is 0 Å². The van der Waals surface area contributed by atoms with E-state index < -0.39 is 0 Å². The van der Waals surface area contributed by atoms with E-state index in [9.17, 15) is 0 Å². The van der Waals surface area contributed by atoms with Gasteiger partial charge in [0.05, 0.1) is 12.6 Å². The fourth-order valence-corrected chi connectivity index (χ4v) is 2.38. The fourth-order valence-electron chi connectivity index (χ4n) is 2.38. The molecule has 1 saturated heterocycles. The standard InChI is InChI=1S/C14H26N4O/c1-2-13-12-14(17-16-13)19-11-4-3-8-18-9-5-6-15-7-10-18/h12-13,15H,2-11H2,1H3. The topological polar surface area (TPSA) is 49.2 Å². The molecule has 0 aliphatic carbocycles. The summed E-state index contributed by atoms with van der Waals surface area (Å²) in [6, 6.07) is 0.236. The van der Waals surface area contributed by atoms with E-state index in [2.05, 4.69) is 27.4 Å². The quantitative estimate of drug-likeness (QED) is 0.718. The molecule has 1 fully saturated rings. The Bertz CT molecular complexity index is 309. The van der Waals surface area contributed by atoms with Crippen molar-refractivity contribution in [3.63, 3.8) is 0 Å². The van der Waals surface area contributed by atoms with Gasteiger partial charge < -0.3 is 15.0 Å². The van der Waals surface area contributed by atoms with Crippen molar-refractivity contribution < 1.29 is 4.74 Å². The van der Waals surface area contributed by atoms with Crippen LogP contribution in [0.15, 0.2) is 22.2 Å². The zero-order valence-corrected chi connectivity index (χ0v) is 12.0. The van der Waals surface area contributed by atoms with E-state index in [0.717, 1.165) is 32.5 Å². The van der Waals surface area contributed by atoms with Crippen molar-refractivity contribution in [3.8, 4) is 0 Å². The fraction of sp³-hybridized carbons (Fsp3) is 0.857. The average Bonchev–Trinajstić information content (AvgIpc) is 2.73. The van der Waals surface area contributed by atoms with Gasteiger partial charge in [0.1, 0.15) is 0 Å². The average molecular weight is 266 g/mol. The summed E-state index contributed by atoms with van der Waals surface area (Å²) in [7, 11) is 0. The van der Waals surface area contributed by atoms with Crippen molar-refractivity contribution in [2.45, 2.75) is 38.6 Å². The first-order valence-electron chi connectivity index (χ1n) is 7.57. The van der Waals surface area contributed by atoms with Crippen LogP contribution in [0.5, 0.6) is 0 Å². The normalized spacial score (nSPS) is 24.3. The van der Waals surface area contributed by atoms with Gasteiger partial charge in [-0.15, -0.1) is 5.11 Å². The molecule has 0 radical (unpaired) electrons. The van der Waals surface area contributed by atoms with Crippen LogP contribution in [0.1, 0.15) is 32.6 Å². The molecule has 1 N–H and O–H groups in total. The largest absolute Gasteiger partial charge is 0.477 e. The summed E-state index contributed by atoms with van der Waals surface area (Å²) in [4.78, 5) is 2.54. The van der Waals surface area contributed by atoms with Crippen LogP contribution in [-0.2, 0) is 4.74 Å². The van der Waals surface area contributed by atoms with Crippen molar-refractivity contribution >= 4 is 0 Å². The minimum Gasteiger partial charge on any atom is -0.477 e. The SMILES string of the molecule is CCC1C=C(OCCCCN2CCCNCC2)N=N1. The molecule has 0 spiro atoms. The van der Waals surface area contributed by atoms with Crippen LogP contribution < -0.4 is 5.32 Å². The predicted octanol–water partition coefficient (Wildman–Crippen LogP) is 2.16. The highest BCUT2D eigenvalue weighted by molar-refractivity contribution is 5.02. The molecule has 2 aliphatic heterocycles. The lowest BCUT2D eigenvalue weighted by Gasteiger charge is -2.18. The summed E-state index contributed by atoms with van der Waals surface area (Å²) >= 11 is 0. The van der Waals surface area contributed by atoms with E-state index >= 15 is 0 Å². The molecule has 2 rings (SSSR count). The van der Waals surface area contributed by atoms with Gasteiger partial charge in [-0.25, -0.2) is 0 Å². The van der Waals surface area contributed by atoms with Gasteiger partial charge in [-0.1, -0.05) is 6.92 Å². The maximum absolute atomic E-state index is 5.62. The van der Waals surface area contributed by atoms with Crippen molar-refractivity contribution in [1.29, 1.82) is 0 Å². The Labute approximate surface area is 116 Å². The van der Waals surface area contributed by atoms with Crippen LogP contribution in [0, 0.1) is 0 Å². The van der Waals surface area contributed by atoms with Gasteiger partial charge in [0, 0.05) is 19.2 Å². The second-order valence-electron chi connectivity index (χ2n) is 5.20. The molecule has 2 heterocycles. The molecule has 2 aliphatic rings. The number of hydrogen-bond acceptors (Lipinski definition) is 5. The van der Waals surface area contributed by atoms with E-state index in [1.54, 1.807) is 0 Å². The summed E-state index contributed by atoms with van der Waals surface area (Å²) in [5.41, 5.74) is 0.